The molecule has 2 aromatic rings. The predicted molar refractivity (Wildman–Crippen MR) is 85.4 cm³/mol. The monoisotopic (exact) mass is 284 g/mol. The molecule has 0 aliphatic carbocycles. The number of nitrogens with one attached hydrogen (secondary N) is 1. The van der Waals surface area contributed by atoms with Crippen LogP contribution in [0, 0.1) is 6.92 Å². The molecule has 0 amide bonds. The minimum absolute atomic E-state index is 0.346. The summed E-state index contributed by atoms with van der Waals surface area (Å²) in [5.41, 5.74) is 1.40. The van der Waals surface area contributed by atoms with Crippen LogP contribution in [-0.4, -0.2) is 30.6 Å². The average molecular weight is 284 g/mol. The molecule has 0 radical (unpaired) electrons. The van der Waals surface area contributed by atoms with Crippen molar-refractivity contribution in [2.24, 2.45) is 0 Å². The van der Waals surface area contributed by atoms with Crippen LogP contribution in [-0.2, 0) is 6.42 Å². The molecule has 2 heterocycles. The SMILES string of the molecule is Cc1ccc(C(C)N2CCNC(Cc3ccccc3)C2)o1. The number of hydrogen-bond acceptors (Lipinski definition) is 3. The molecule has 112 valence electrons. The summed E-state index contributed by atoms with van der Waals surface area (Å²) in [5, 5.41) is 3.64. The Morgan fingerprint density at radius 3 is 2.76 bits per heavy atom. The summed E-state index contributed by atoms with van der Waals surface area (Å²) in [4.78, 5) is 2.52. The maximum atomic E-state index is 5.79. The van der Waals surface area contributed by atoms with Gasteiger partial charge >= 0.3 is 0 Å². The van der Waals surface area contributed by atoms with Crippen molar-refractivity contribution >= 4 is 0 Å². The van der Waals surface area contributed by atoms with Crippen LogP contribution in [0.1, 0.15) is 30.0 Å². The summed E-state index contributed by atoms with van der Waals surface area (Å²) in [5.74, 6) is 2.07. The molecule has 2 atom stereocenters. The van der Waals surface area contributed by atoms with E-state index in [9.17, 15) is 0 Å². The Hall–Kier alpha value is -1.58. The summed E-state index contributed by atoms with van der Waals surface area (Å²) in [7, 11) is 0. The number of aryl methyl sites for hydroxylation is 1. The van der Waals surface area contributed by atoms with Crippen LogP contribution < -0.4 is 5.32 Å². The third-order valence-corrected chi connectivity index (χ3v) is 4.33. The van der Waals surface area contributed by atoms with E-state index >= 15 is 0 Å². The van der Waals surface area contributed by atoms with Crippen molar-refractivity contribution in [1.82, 2.24) is 10.2 Å². The highest BCUT2D eigenvalue weighted by Gasteiger charge is 2.25. The number of benzene rings is 1. The summed E-state index contributed by atoms with van der Waals surface area (Å²) in [6.07, 6.45) is 1.08. The lowest BCUT2D eigenvalue weighted by molar-refractivity contribution is 0.137. The second kappa shape index (κ2) is 6.46. The van der Waals surface area contributed by atoms with Gasteiger partial charge in [0.15, 0.2) is 0 Å². The molecule has 1 aliphatic rings. The van der Waals surface area contributed by atoms with Gasteiger partial charge in [-0.3, -0.25) is 4.90 Å². The minimum Gasteiger partial charge on any atom is -0.465 e. The first-order chi connectivity index (χ1) is 10.2. The van der Waals surface area contributed by atoms with Gasteiger partial charge in [-0.15, -0.1) is 0 Å². The third-order valence-electron chi connectivity index (χ3n) is 4.33. The second-order valence-electron chi connectivity index (χ2n) is 5.96. The van der Waals surface area contributed by atoms with Gasteiger partial charge in [-0.05, 0) is 38.0 Å². The van der Waals surface area contributed by atoms with Crippen molar-refractivity contribution in [1.29, 1.82) is 0 Å². The normalized spacial score (nSPS) is 21.3. The maximum absolute atomic E-state index is 5.79. The lowest BCUT2D eigenvalue weighted by Gasteiger charge is -2.37. The van der Waals surface area contributed by atoms with E-state index in [1.807, 2.05) is 6.92 Å². The largest absolute Gasteiger partial charge is 0.465 e. The molecule has 1 fully saturated rings. The Balaban J connectivity index is 1.63. The standard InChI is InChI=1S/C18H24N2O/c1-14-8-9-18(21-14)15(2)20-11-10-19-17(13-20)12-16-6-4-3-5-7-16/h3-9,15,17,19H,10-13H2,1-2H3. The molecule has 3 rings (SSSR count). The molecule has 3 heteroatoms. The van der Waals surface area contributed by atoms with E-state index in [1.165, 1.54) is 5.56 Å². The highest BCUT2D eigenvalue weighted by Crippen LogP contribution is 2.23. The molecular weight excluding hydrogens is 260 g/mol. The smallest absolute Gasteiger partial charge is 0.121 e. The van der Waals surface area contributed by atoms with Crippen molar-refractivity contribution < 1.29 is 4.42 Å². The highest BCUT2D eigenvalue weighted by molar-refractivity contribution is 5.16. The molecule has 1 N–H and O–H groups in total. The zero-order chi connectivity index (χ0) is 14.7. The first-order valence-electron chi connectivity index (χ1n) is 7.80. The molecule has 0 spiro atoms. The molecule has 0 bridgehead atoms. The van der Waals surface area contributed by atoms with E-state index < -0.39 is 0 Å². The Kier molecular flexibility index (Phi) is 4.42. The quantitative estimate of drug-likeness (QED) is 0.935. The Labute approximate surface area is 127 Å². The number of hydrogen-bond donors (Lipinski definition) is 1. The topological polar surface area (TPSA) is 28.4 Å². The number of nitrogens with zero attached hydrogens (tertiary/aromatic N) is 1. The summed E-state index contributed by atoms with van der Waals surface area (Å²) < 4.78 is 5.79. The lowest BCUT2D eigenvalue weighted by atomic mass is 10.0. The molecule has 1 aliphatic heterocycles. The van der Waals surface area contributed by atoms with Crippen LogP contribution in [0.3, 0.4) is 0 Å². The predicted octanol–water partition coefficient (Wildman–Crippen LogP) is 3.17. The van der Waals surface area contributed by atoms with Gasteiger partial charge < -0.3 is 9.73 Å². The van der Waals surface area contributed by atoms with Gasteiger partial charge in [0.25, 0.3) is 0 Å². The van der Waals surface area contributed by atoms with E-state index in [0.717, 1.165) is 37.6 Å². The summed E-state index contributed by atoms with van der Waals surface area (Å²) >= 11 is 0. The Morgan fingerprint density at radius 2 is 2.05 bits per heavy atom. The van der Waals surface area contributed by atoms with Gasteiger partial charge in [0.1, 0.15) is 11.5 Å². The van der Waals surface area contributed by atoms with Crippen molar-refractivity contribution in [3.05, 3.63) is 59.5 Å². The average Bonchev–Trinajstić information content (AvgIpc) is 2.94. The van der Waals surface area contributed by atoms with Gasteiger partial charge in [-0.2, -0.15) is 0 Å². The van der Waals surface area contributed by atoms with Crippen molar-refractivity contribution in [3.63, 3.8) is 0 Å². The third kappa shape index (κ3) is 3.55. The zero-order valence-electron chi connectivity index (χ0n) is 12.9. The zero-order valence-corrected chi connectivity index (χ0v) is 12.9. The van der Waals surface area contributed by atoms with E-state index in [4.69, 9.17) is 4.42 Å². The summed E-state index contributed by atoms with van der Waals surface area (Å²) in [6.45, 7) is 7.43. The van der Waals surface area contributed by atoms with Crippen LogP contribution in [0.15, 0.2) is 46.9 Å². The van der Waals surface area contributed by atoms with E-state index in [-0.39, 0.29) is 0 Å². The van der Waals surface area contributed by atoms with Gasteiger partial charge in [0, 0.05) is 25.7 Å². The Morgan fingerprint density at radius 1 is 1.24 bits per heavy atom. The fourth-order valence-corrected chi connectivity index (χ4v) is 3.10. The highest BCUT2D eigenvalue weighted by atomic mass is 16.3. The maximum Gasteiger partial charge on any atom is 0.121 e. The molecule has 21 heavy (non-hydrogen) atoms. The minimum atomic E-state index is 0.346. The van der Waals surface area contributed by atoms with Gasteiger partial charge in [0.2, 0.25) is 0 Å². The van der Waals surface area contributed by atoms with Gasteiger partial charge in [-0.25, -0.2) is 0 Å². The fraction of sp³-hybridized carbons (Fsp3) is 0.444. The van der Waals surface area contributed by atoms with E-state index in [1.54, 1.807) is 0 Å². The molecule has 3 nitrogen and oxygen atoms in total. The molecule has 2 unspecified atom stereocenters. The van der Waals surface area contributed by atoms with E-state index in [0.29, 0.717) is 12.1 Å². The first-order valence-corrected chi connectivity index (χ1v) is 7.80. The molecule has 1 saturated heterocycles. The first kappa shape index (κ1) is 14.4. The number of furan rings is 1. The van der Waals surface area contributed by atoms with Gasteiger partial charge in [0.05, 0.1) is 6.04 Å². The van der Waals surface area contributed by atoms with Crippen LogP contribution in [0.5, 0.6) is 0 Å². The second-order valence-corrected chi connectivity index (χ2v) is 5.96. The van der Waals surface area contributed by atoms with Gasteiger partial charge in [-0.1, -0.05) is 30.3 Å². The van der Waals surface area contributed by atoms with Crippen molar-refractivity contribution in [2.45, 2.75) is 32.4 Å². The number of rotatable bonds is 4. The summed E-state index contributed by atoms with van der Waals surface area (Å²) in [6, 6.07) is 15.7. The van der Waals surface area contributed by atoms with Crippen LogP contribution >= 0.6 is 0 Å². The fourth-order valence-electron chi connectivity index (χ4n) is 3.10. The van der Waals surface area contributed by atoms with Crippen molar-refractivity contribution in [3.8, 4) is 0 Å². The molecule has 1 aromatic heterocycles. The van der Waals surface area contributed by atoms with E-state index in [2.05, 4.69) is 59.6 Å². The van der Waals surface area contributed by atoms with Crippen LogP contribution in [0.2, 0.25) is 0 Å². The lowest BCUT2D eigenvalue weighted by Crippen LogP contribution is -2.52. The molecule has 1 aromatic carbocycles. The Bertz CT molecular complexity index is 564. The van der Waals surface area contributed by atoms with Crippen molar-refractivity contribution in [2.75, 3.05) is 19.6 Å². The van der Waals surface area contributed by atoms with Crippen LogP contribution in [0.25, 0.3) is 0 Å². The molecule has 0 saturated carbocycles. The van der Waals surface area contributed by atoms with Crippen LogP contribution in [0.4, 0.5) is 0 Å². The number of piperazine rings is 1. The molecular formula is C18H24N2O.